The molecule has 2 N–H and O–H groups in total. The number of anilines is 1. The van der Waals surface area contributed by atoms with E-state index < -0.39 is 4.92 Å². The number of nitrogens with one attached hydrogen (secondary N) is 1. The fraction of sp³-hybridized carbons (Fsp3) is 0.143. The van der Waals surface area contributed by atoms with Gasteiger partial charge in [0.15, 0.2) is 0 Å². The van der Waals surface area contributed by atoms with Gasteiger partial charge in [0.25, 0.3) is 5.69 Å². The van der Waals surface area contributed by atoms with Crippen molar-refractivity contribution in [2.45, 2.75) is 6.42 Å². The Labute approximate surface area is 110 Å². The smallest absolute Gasteiger partial charge is 0.269 e. The van der Waals surface area contributed by atoms with Gasteiger partial charge in [0.2, 0.25) is 0 Å². The summed E-state index contributed by atoms with van der Waals surface area (Å²) in [5, 5.41) is 22.9. The predicted octanol–water partition coefficient (Wildman–Crippen LogP) is 2.96. The van der Waals surface area contributed by atoms with E-state index >= 15 is 0 Å². The van der Waals surface area contributed by atoms with Crippen molar-refractivity contribution in [2.24, 2.45) is 0 Å². The lowest BCUT2D eigenvalue weighted by Crippen LogP contribution is -2.04. The second-order valence-corrected chi connectivity index (χ2v) is 4.15. The van der Waals surface area contributed by atoms with Gasteiger partial charge in [0.1, 0.15) is 5.75 Å². The number of phenols is 1. The molecule has 98 valence electrons. The summed E-state index contributed by atoms with van der Waals surface area (Å²) in [7, 11) is 0. The van der Waals surface area contributed by atoms with Crippen LogP contribution in [0.25, 0.3) is 0 Å². The molecule has 2 rings (SSSR count). The molecule has 0 atom stereocenters. The number of non-ortho nitro benzene ring substituents is 1. The SMILES string of the molecule is O=[N+]([O-])c1ccc(NCCc2ccc(O)cc2)cc1. The Morgan fingerprint density at radius 2 is 1.68 bits per heavy atom. The van der Waals surface area contributed by atoms with Gasteiger partial charge in [0.05, 0.1) is 4.92 Å². The number of hydrogen-bond acceptors (Lipinski definition) is 4. The van der Waals surface area contributed by atoms with Crippen LogP contribution in [0.5, 0.6) is 5.75 Å². The highest BCUT2D eigenvalue weighted by atomic mass is 16.6. The van der Waals surface area contributed by atoms with Crippen molar-refractivity contribution in [1.29, 1.82) is 0 Å². The van der Waals surface area contributed by atoms with Crippen molar-refractivity contribution in [3.63, 3.8) is 0 Å². The maximum Gasteiger partial charge on any atom is 0.269 e. The topological polar surface area (TPSA) is 75.4 Å². The van der Waals surface area contributed by atoms with Gasteiger partial charge < -0.3 is 10.4 Å². The molecule has 5 heteroatoms. The molecular formula is C14H14N2O3. The Kier molecular flexibility index (Phi) is 3.97. The normalized spacial score (nSPS) is 10.1. The van der Waals surface area contributed by atoms with Crippen molar-refractivity contribution in [1.82, 2.24) is 0 Å². The van der Waals surface area contributed by atoms with Gasteiger partial charge in [-0.15, -0.1) is 0 Å². The molecule has 0 unspecified atom stereocenters. The van der Waals surface area contributed by atoms with Crippen LogP contribution < -0.4 is 5.32 Å². The first-order valence-corrected chi connectivity index (χ1v) is 5.91. The summed E-state index contributed by atoms with van der Waals surface area (Å²) < 4.78 is 0. The molecule has 0 aliphatic rings. The van der Waals surface area contributed by atoms with Gasteiger partial charge in [0, 0.05) is 24.4 Å². The third kappa shape index (κ3) is 3.70. The zero-order valence-electron chi connectivity index (χ0n) is 10.2. The molecule has 5 nitrogen and oxygen atoms in total. The van der Waals surface area contributed by atoms with Crippen LogP contribution in [0.3, 0.4) is 0 Å². The minimum atomic E-state index is -0.416. The van der Waals surface area contributed by atoms with Crippen molar-refractivity contribution in [3.8, 4) is 5.75 Å². The lowest BCUT2D eigenvalue weighted by Gasteiger charge is -2.06. The largest absolute Gasteiger partial charge is 0.508 e. The highest BCUT2D eigenvalue weighted by molar-refractivity contribution is 5.48. The van der Waals surface area contributed by atoms with Crippen LogP contribution in [-0.2, 0) is 6.42 Å². The van der Waals surface area contributed by atoms with Gasteiger partial charge in [-0.25, -0.2) is 0 Å². The van der Waals surface area contributed by atoms with Crippen LogP contribution in [0.15, 0.2) is 48.5 Å². The molecule has 0 saturated heterocycles. The van der Waals surface area contributed by atoms with Crippen LogP contribution in [0.4, 0.5) is 11.4 Å². The molecule has 0 saturated carbocycles. The first-order valence-electron chi connectivity index (χ1n) is 5.91. The monoisotopic (exact) mass is 258 g/mol. The summed E-state index contributed by atoms with van der Waals surface area (Å²) in [6.07, 6.45) is 0.817. The summed E-state index contributed by atoms with van der Waals surface area (Å²) in [4.78, 5) is 10.1. The van der Waals surface area contributed by atoms with E-state index in [1.165, 1.54) is 12.1 Å². The van der Waals surface area contributed by atoms with Crippen molar-refractivity contribution in [3.05, 3.63) is 64.2 Å². The third-order valence-electron chi connectivity index (χ3n) is 2.76. The molecule has 0 aliphatic carbocycles. The van der Waals surface area contributed by atoms with Gasteiger partial charge >= 0.3 is 0 Å². The lowest BCUT2D eigenvalue weighted by molar-refractivity contribution is -0.384. The molecule has 0 fully saturated rings. The summed E-state index contributed by atoms with van der Waals surface area (Å²) in [5.74, 6) is 0.257. The van der Waals surface area contributed by atoms with E-state index in [1.54, 1.807) is 24.3 Å². The van der Waals surface area contributed by atoms with Crippen molar-refractivity contribution in [2.75, 3.05) is 11.9 Å². The van der Waals surface area contributed by atoms with E-state index in [0.29, 0.717) is 0 Å². The molecule has 19 heavy (non-hydrogen) atoms. The fourth-order valence-electron chi connectivity index (χ4n) is 1.71. The zero-order chi connectivity index (χ0) is 13.7. The van der Waals surface area contributed by atoms with Crippen molar-refractivity contribution >= 4 is 11.4 Å². The second kappa shape index (κ2) is 5.86. The van der Waals surface area contributed by atoms with E-state index in [2.05, 4.69) is 5.32 Å². The van der Waals surface area contributed by atoms with Gasteiger partial charge in [-0.05, 0) is 36.2 Å². The van der Waals surface area contributed by atoms with Crippen LogP contribution in [-0.4, -0.2) is 16.6 Å². The van der Waals surface area contributed by atoms with E-state index in [1.807, 2.05) is 12.1 Å². The Hall–Kier alpha value is -2.56. The number of benzene rings is 2. The van der Waals surface area contributed by atoms with Crippen LogP contribution in [0.1, 0.15) is 5.56 Å². The van der Waals surface area contributed by atoms with Gasteiger partial charge in [-0.2, -0.15) is 0 Å². The maximum atomic E-state index is 10.5. The summed E-state index contributed by atoms with van der Waals surface area (Å²) in [5.41, 5.74) is 2.06. The molecule has 0 amide bonds. The van der Waals surface area contributed by atoms with E-state index in [9.17, 15) is 10.1 Å². The average Bonchev–Trinajstić information content (AvgIpc) is 2.41. The lowest BCUT2D eigenvalue weighted by atomic mass is 10.1. The molecular weight excluding hydrogens is 244 g/mol. The first-order chi connectivity index (χ1) is 9.15. The molecule has 0 spiro atoms. The van der Waals surface area contributed by atoms with E-state index in [4.69, 9.17) is 5.11 Å². The minimum absolute atomic E-state index is 0.0871. The fourth-order valence-corrected chi connectivity index (χ4v) is 1.71. The molecule has 2 aromatic rings. The Morgan fingerprint density at radius 1 is 1.05 bits per heavy atom. The number of hydrogen-bond donors (Lipinski definition) is 2. The Morgan fingerprint density at radius 3 is 2.26 bits per heavy atom. The Balaban J connectivity index is 1.85. The maximum absolute atomic E-state index is 10.5. The number of nitro groups is 1. The molecule has 0 bridgehead atoms. The second-order valence-electron chi connectivity index (χ2n) is 4.15. The molecule has 0 aliphatic heterocycles. The molecule has 0 aromatic heterocycles. The van der Waals surface area contributed by atoms with Crippen LogP contribution in [0.2, 0.25) is 0 Å². The Bertz CT molecular complexity index is 550. The zero-order valence-corrected chi connectivity index (χ0v) is 10.2. The van der Waals surface area contributed by atoms with E-state index in [-0.39, 0.29) is 11.4 Å². The van der Waals surface area contributed by atoms with E-state index in [0.717, 1.165) is 24.2 Å². The van der Waals surface area contributed by atoms with Gasteiger partial charge in [-0.1, -0.05) is 12.1 Å². The molecule has 2 aromatic carbocycles. The summed E-state index contributed by atoms with van der Waals surface area (Å²) in [6, 6.07) is 13.4. The summed E-state index contributed by atoms with van der Waals surface area (Å²) >= 11 is 0. The summed E-state index contributed by atoms with van der Waals surface area (Å²) in [6.45, 7) is 0.725. The number of aromatic hydroxyl groups is 1. The quantitative estimate of drug-likeness (QED) is 0.638. The number of phenolic OH excluding ortho intramolecular Hbond substituents is 1. The highest BCUT2D eigenvalue weighted by Gasteiger charge is 2.03. The van der Waals surface area contributed by atoms with Crippen LogP contribution in [0, 0.1) is 10.1 Å². The first kappa shape index (κ1) is 12.9. The number of nitro benzene ring substituents is 1. The molecule has 0 heterocycles. The van der Waals surface area contributed by atoms with Crippen molar-refractivity contribution < 1.29 is 10.0 Å². The minimum Gasteiger partial charge on any atom is -0.508 e. The van der Waals surface area contributed by atoms with Gasteiger partial charge in [-0.3, -0.25) is 10.1 Å². The average molecular weight is 258 g/mol. The molecule has 0 radical (unpaired) electrons. The highest BCUT2D eigenvalue weighted by Crippen LogP contribution is 2.15. The third-order valence-corrected chi connectivity index (χ3v) is 2.76. The standard InChI is InChI=1S/C14H14N2O3/c17-14-7-1-11(2-8-14)9-10-15-12-3-5-13(6-4-12)16(18)19/h1-8,15,17H,9-10H2. The number of rotatable bonds is 5. The van der Waals surface area contributed by atoms with Crippen LogP contribution >= 0.6 is 0 Å². The number of nitrogens with zero attached hydrogens (tertiary/aromatic N) is 1. The predicted molar refractivity (Wildman–Crippen MR) is 73.4 cm³/mol.